The Balaban J connectivity index is 1.42. The number of hydrogen-bond acceptors (Lipinski definition) is 4. The first kappa shape index (κ1) is 14.5. The zero-order valence-corrected chi connectivity index (χ0v) is 13.3. The molecular formula is C18H22N4O. The molecular weight excluding hydrogens is 288 g/mol. The van der Waals surface area contributed by atoms with E-state index in [1.54, 1.807) is 18.3 Å². The SMILES string of the molecule is N#Cc1cccnc1N1CCC(C(=O)N2CC3CCCC3C2)C1. The molecule has 3 heterocycles. The van der Waals surface area contributed by atoms with Crippen molar-refractivity contribution in [1.29, 1.82) is 5.26 Å². The van der Waals surface area contributed by atoms with E-state index in [1.165, 1.54) is 19.3 Å². The van der Waals surface area contributed by atoms with Gasteiger partial charge in [0.05, 0.1) is 11.5 Å². The number of rotatable bonds is 2. The molecule has 1 aromatic rings. The number of likely N-dealkylation sites (tertiary alicyclic amines) is 1. The van der Waals surface area contributed by atoms with Gasteiger partial charge in [0.1, 0.15) is 11.9 Å². The predicted octanol–water partition coefficient (Wildman–Crippen LogP) is 2.04. The van der Waals surface area contributed by atoms with E-state index in [0.29, 0.717) is 18.0 Å². The van der Waals surface area contributed by atoms with Gasteiger partial charge in [0, 0.05) is 32.4 Å². The van der Waals surface area contributed by atoms with Crippen LogP contribution in [0, 0.1) is 29.1 Å². The first-order valence-electron chi connectivity index (χ1n) is 8.65. The van der Waals surface area contributed by atoms with Gasteiger partial charge in [-0.1, -0.05) is 6.42 Å². The molecule has 3 fully saturated rings. The van der Waals surface area contributed by atoms with E-state index in [-0.39, 0.29) is 5.92 Å². The van der Waals surface area contributed by atoms with Crippen LogP contribution in [0.15, 0.2) is 18.3 Å². The number of amides is 1. The van der Waals surface area contributed by atoms with Crippen molar-refractivity contribution in [1.82, 2.24) is 9.88 Å². The van der Waals surface area contributed by atoms with E-state index in [1.807, 2.05) is 0 Å². The Morgan fingerprint density at radius 3 is 2.74 bits per heavy atom. The molecule has 1 saturated carbocycles. The van der Waals surface area contributed by atoms with Crippen molar-refractivity contribution in [3.63, 3.8) is 0 Å². The zero-order valence-electron chi connectivity index (χ0n) is 13.3. The molecule has 0 spiro atoms. The molecule has 1 amide bonds. The number of anilines is 1. The van der Waals surface area contributed by atoms with Crippen LogP contribution in [-0.4, -0.2) is 42.0 Å². The minimum atomic E-state index is 0.0578. The fourth-order valence-electron chi connectivity index (χ4n) is 4.56. The van der Waals surface area contributed by atoms with Crippen LogP contribution < -0.4 is 4.90 Å². The molecule has 2 saturated heterocycles. The highest BCUT2D eigenvalue weighted by Crippen LogP contribution is 2.38. The Kier molecular flexibility index (Phi) is 3.68. The maximum atomic E-state index is 12.8. The van der Waals surface area contributed by atoms with Gasteiger partial charge in [0.2, 0.25) is 5.91 Å². The molecule has 0 radical (unpaired) electrons. The first-order chi connectivity index (χ1) is 11.3. The van der Waals surface area contributed by atoms with Crippen molar-refractivity contribution in [3.8, 4) is 6.07 Å². The standard InChI is InChI=1S/C18H22N4O/c19-9-13-5-2-7-20-17(13)21-8-6-16(12-21)18(23)22-10-14-3-1-4-15(14)11-22/h2,5,7,14-16H,1,3-4,6,8,10-12H2. The lowest BCUT2D eigenvalue weighted by atomic mass is 10.0. The average molecular weight is 310 g/mol. The molecule has 5 heteroatoms. The second-order valence-corrected chi connectivity index (χ2v) is 7.11. The summed E-state index contributed by atoms with van der Waals surface area (Å²) in [5.74, 6) is 2.59. The number of fused-ring (bicyclic) bond motifs is 1. The zero-order chi connectivity index (χ0) is 15.8. The van der Waals surface area contributed by atoms with E-state index in [4.69, 9.17) is 0 Å². The third kappa shape index (κ3) is 2.56. The second-order valence-electron chi connectivity index (χ2n) is 7.11. The fourth-order valence-corrected chi connectivity index (χ4v) is 4.56. The van der Waals surface area contributed by atoms with Gasteiger partial charge in [-0.05, 0) is 43.2 Å². The van der Waals surface area contributed by atoms with Gasteiger partial charge in [-0.3, -0.25) is 4.79 Å². The van der Waals surface area contributed by atoms with E-state index < -0.39 is 0 Å². The van der Waals surface area contributed by atoms with Gasteiger partial charge in [-0.2, -0.15) is 5.26 Å². The van der Waals surface area contributed by atoms with Gasteiger partial charge < -0.3 is 9.80 Å². The molecule has 0 aromatic carbocycles. The highest BCUT2D eigenvalue weighted by molar-refractivity contribution is 5.80. The molecule has 3 atom stereocenters. The van der Waals surface area contributed by atoms with Crippen LogP contribution in [0.1, 0.15) is 31.2 Å². The summed E-state index contributed by atoms with van der Waals surface area (Å²) in [5, 5.41) is 9.23. The molecule has 3 aliphatic rings. The van der Waals surface area contributed by atoms with E-state index in [9.17, 15) is 10.1 Å². The molecule has 3 unspecified atom stereocenters. The quantitative estimate of drug-likeness (QED) is 0.838. The van der Waals surface area contributed by atoms with Gasteiger partial charge in [-0.25, -0.2) is 4.98 Å². The average Bonchev–Trinajstić information content (AvgIpc) is 3.29. The van der Waals surface area contributed by atoms with Gasteiger partial charge in [0.15, 0.2) is 0 Å². The summed E-state index contributed by atoms with van der Waals surface area (Å²) in [6.45, 7) is 3.43. The van der Waals surface area contributed by atoms with Crippen molar-refractivity contribution < 1.29 is 4.79 Å². The maximum absolute atomic E-state index is 12.8. The summed E-state index contributed by atoms with van der Waals surface area (Å²) in [4.78, 5) is 21.4. The highest BCUT2D eigenvalue weighted by Gasteiger charge is 2.41. The summed E-state index contributed by atoms with van der Waals surface area (Å²) < 4.78 is 0. The second kappa shape index (κ2) is 5.84. The summed E-state index contributed by atoms with van der Waals surface area (Å²) in [6.07, 6.45) is 6.51. The summed E-state index contributed by atoms with van der Waals surface area (Å²) in [5.41, 5.74) is 0.594. The third-order valence-electron chi connectivity index (χ3n) is 5.78. The van der Waals surface area contributed by atoms with Crippen LogP contribution in [0.5, 0.6) is 0 Å². The van der Waals surface area contributed by atoms with Crippen LogP contribution >= 0.6 is 0 Å². The maximum Gasteiger partial charge on any atom is 0.227 e. The Labute approximate surface area is 136 Å². The predicted molar refractivity (Wildman–Crippen MR) is 86.7 cm³/mol. The smallest absolute Gasteiger partial charge is 0.227 e. The van der Waals surface area contributed by atoms with Crippen LogP contribution in [0.4, 0.5) is 5.82 Å². The van der Waals surface area contributed by atoms with Gasteiger partial charge >= 0.3 is 0 Å². The minimum Gasteiger partial charge on any atom is -0.355 e. The number of carbonyl (C=O) groups is 1. The van der Waals surface area contributed by atoms with Crippen molar-refractivity contribution in [2.24, 2.45) is 17.8 Å². The van der Waals surface area contributed by atoms with Crippen LogP contribution in [0.2, 0.25) is 0 Å². The fraction of sp³-hybridized carbons (Fsp3) is 0.611. The number of aromatic nitrogens is 1. The Morgan fingerprint density at radius 1 is 1.22 bits per heavy atom. The number of hydrogen-bond donors (Lipinski definition) is 0. The van der Waals surface area contributed by atoms with E-state index >= 15 is 0 Å². The molecule has 1 aliphatic carbocycles. The summed E-state index contributed by atoms with van der Waals surface area (Å²) >= 11 is 0. The first-order valence-corrected chi connectivity index (χ1v) is 8.65. The molecule has 0 N–H and O–H groups in total. The van der Waals surface area contributed by atoms with E-state index in [0.717, 1.165) is 43.7 Å². The Hall–Kier alpha value is -2.09. The van der Waals surface area contributed by atoms with Crippen molar-refractivity contribution in [3.05, 3.63) is 23.9 Å². The third-order valence-corrected chi connectivity index (χ3v) is 5.78. The Morgan fingerprint density at radius 2 is 2.00 bits per heavy atom. The number of nitrogens with zero attached hydrogens (tertiary/aromatic N) is 4. The van der Waals surface area contributed by atoms with Crippen molar-refractivity contribution in [2.75, 3.05) is 31.1 Å². The number of pyridine rings is 1. The van der Waals surface area contributed by atoms with Crippen LogP contribution in [0.25, 0.3) is 0 Å². The Bertz CT molecular complexity index is 641. The molecule has 4 rings (SSSR count). The summed E-state index contributed by atoms with van der Waals surface area (Å²) in [7, 11) is 0. The summed E-state index contributed by atoms with van der Waals surface area (Å²) in [6, 6.07) is 5.77. The monoisotopic (exact) mass is 310 g/mol. The largest absolute Gasteiger partial charge is 0.355 e. The number of carbonyl (C=O) groups excluding carboxylic acids is 1. The van der Waals surface area contributed by atoms with Crippen molar-refractivity contribution in [2.45, 2.75) is 25.7 Å². The van der Waals surface area contributed by atoms with Gasteiger partial charge in [0.25, 0.3) is 0 Å². The van der Waals surface area contributed by atoms with Crippen molar-refractivity contribution >= 4 is 11.7 Å². The normalized spacial score (nSPS) is 29.6. The molecule has 120 valence electrons. The van der Waals surface area contributed by atoms with Gasteiger partial charge in [-0.15, -0.1) is 0 Å². The highest BCUT2D eigenvalue weighted by atomic mass is 16.2. The lowest BCUT2D eigenvalue weighted by molar-refractivity contribution is -0.134. The molecule has 1 aromatic heterocycles. The molecule has 23 heavy (non-hydrogen) atoms. The van der Waals surface area contributed by atoms with Crippen LogP contribution in [-0.2, 0) is 4.79 Å². The number of nitriles is 1. The molecule has 5 nitrogen and oxygen atoms in total. The topological polar surface area (TPSA) is 60.2 Å². The minimum absolute atomic E-state index is 0.0578. The van der Waals surface area contributed by atoms with Crippen LogP contribution in [0.3, 0.4) is 0 Å². The lowest BCUT2D eigenvalue weighted by Gasteiger charge is -2.22. The lowest BCUT2D eigenvalue weighted by Crippen LogP contribution is -2.36. The van der Waals surface area contributed by atoms with E-state index in [2.05, 4.69) is 20.9 Å². The molecule has 0 bridgehead atoms. The molecule has 2 aliphatic heterocycles.